The van der Waals surface area contributed by atoms with Crippen LogP contribution in [0.5, 0.6) is 0 Å². The summed E-state index contributed by atoms with van der Waals surface area (Å²) in [6, 6.07) is 18.1. The average molecular weight is 392 g/mol. The molecule has 1 N–H and O–H groups in total. The first kappa shape index (κ1) is 18.3. The number of thioether (sulfide) groups is 1. The maximum Gasteiger partial charge on any atom is 0.230 e. The van der Waals surface area contributed by atoms with E-state index < -0.39 is 0 Å². The fourth-order valence-corrected chi connectivity index (χ4v) is 3.73. The molecule has 1 amide bonds. The van der Waals surface area contributed by atoms with Crippen LogP contribution >= 0.6 is 11.8 Å². The Morgan fingerprint density at radius 2 is 2.04 bits per heavy atom. The number of hydrogen-bond donors (Lipinski definition) is 1. The van der Waals surface area contributed by atoms with Gasteiger partial charge in [0, 0.05) is 0 Å². The molecule has 2 aromatic heterocycles. The molecule has 0 spiro atoms. The van der Waals surface area contributed by atoms with Gasteiger partial charge < -0.3 is 14.3 Å². The molecule has 0 aliphatic rings. The molecule has 4 rings (SSSR count). The summed E-state index contributed by atoms with van der Waals surface area (Å²) in [5.41, 5.74) is 1.08. The van der Waals surface area contributed by atoms with Crippen LogP contribution in [0, 0.1) is 0 Å². The lowest BCUT2D eigenvalue weighted by Gasteiger charge is -2.15. The minimum Gasteiger partial charge on any atom is -0.467 e. The third kappa shape index (κ3) is 4.26. The smallest absolute Gasteiger partial charge is 0.230 e. The van der Waals surface area contributed by atoms with Crippen LogP contribution in [-0.4, -0.2) is 26.4 Å². The zero-order chi connectivity index (χ0) is 19.3. The molecule has 1 atom stereocenters. The number of fused-ring (bicyclic) bond motifs is 1. The van der Waals surface area contributed by atoms with E-state index in [4.69, 9.17) is 4.42 Å². The molecule has 2 heterocycles. The lowest BCUT2D eigenvalue weighted by molar-refractivity contribution is -0.119. The second-order valence-corrected chi connectivity index (χ2v) is 7.45. The van der Waals surface area contributed by atoms with Crippen molar-refractivity contribution >= 4 is 28.4 Å². The van der Waals surface area contributed by atoms with Gasteiger partial charge >= 0.3 is 0 Å². The van der Waals surface area contributed by atoms with Crippen LogP contribution in [-0.2, 0) is 11.3 Å². The third-order valence-electron chi connectivity index (χ3n) is 4.47. The third-order valence-corrected chi connectivity index (χ3v) is 5.45. The van der Waals surface area contributed by atoms with E-state index in [1.165, 1.54) is 22.5 Å². The molecular formula is C21H20N4O2S. The summed E-state index contributed by atoms with van der Waals surface area (Å²) in [6.45, 7) is 2.53. The molecule has 0 saturated heterocycles. The first-order valence-corrected chi connectivity index (χ1v) is 9.98. The van der Waals surface area contributed by atoms with Gasteiger partial charge in [-0.1, -0.05) is 48.2 Å². The zero-order valence-electron chi connectivity index (χ0n) is 15.4. The summed E-state index contributed by atoms with van der Waals surface area (Å²) in [5, 5.41) is 14.1. The highest BCUT2D eigenvalue weighted by Gasteiger charge is 2.13. The number of nitrogens with zero attached hydrogens (tertiary/aromatic N) is 3. The Labute approximate surface area is 167 Å². The van der Waals surface area contributed by atoms with Crippen LogP contribution in [0.2, 0.25) is 0 Å². The van der Waals surface area contributed by atoms with Crippen molar-refractivity contribution in [3.8, 4) is 0 Å². The Hall–Kier alpha value is -3.06. The number of rotatable bonds is 7. The van der Waals surface area contributed by atoms with E-state index in [1.807, 2.05) is 35.8 Å². The normalized spacial score (nSPS) is 12.2. The Morgan fingerprint density at radius 1 is 1.18 bits per heavy atom. The Balaban J connectivity index is 1.34. The first-order valence-electron chi connectivity index (χ1n) is 9.00. The number of carbonyl (C=O) groups is 1. The number of amides is 1. The molecule has 0 bridgehead atoms. The lowest BCUT2D eigenvalue weighted by Crippen LogP contribution is -2.28. The van der Waals surface area contributed by atoms with Gasteiger partial charge in [-0.25, -0.2) is 0 Å². The van der Waals surface area contributed by atoms with Crippen LogP contribution in [0.15, 0.2) is 76.8 Å². The molecule has 0 fully saturated rings. The molecule has 6 nitrogen and oxygen atoms in total. The predicted octanol–water partition coefficient (Wildman–Crippen LogP) is 4.04. The van der Waals surface area contributed by atoms with E-state index in [-0.39, 0.29) is 17.7 Å². The highest BCUT2D eigenvalue weighted by molar-refractivity contribution is 7.99. The Morgan fingerprint density at radius 3 is 2.86 bits per heavy atom. The van der Waals surface area contributed by atoms with Gasteiger partial charge in [0.1, 0.15) is 12.1 Å². The topological polar surface area (TPSA) is 73.0 Å². The second kappa shape index (κ2) is 8.31. The minimum absolute atomic E-state index is 0.0433. The number of nitrogens with one attached hydrogen (secondary N) is 1. The average Bonchev–Trinajstić information content (AvgIpc) is 3.38. The van der Waals surface area contributed by atoms with Crippen LogP contribution in [0.25, 0.3) is 10.8 Å². The van der Waals surface area contributed by atoms with Crippen molar-refractivity contribution < 1.29 is 9.21 Å². The summed E-state index contributed by atoms with van der Waals surface area (Å²) in [4.78, 5) is 12.4. The van der Waals surface area contributed by atoms with Gasteiger partial charge in [0.15, 0.2) is 5.16 Å². The van der Waals surface area contributed by atoms with Gasteiger partial charge in [-0.05, 0) is 41.5 Å². The van der Waals surface area contributed by atoms with Gasteiger partial charge in [0.25, 0.3) is 0 Å². The number of aromatic nitrogens is 3. The molecule has 2 aromatic carbocycles. The summed E-state index contributed by atoms with van der Waals surface area (Å²) in [5.74, 6) is 1.05. The predicted molar refractivity (Wildman–Crippen MR) is 109 cm³/mol. The molecular weight excluding hydrogens is 372 g/mol. The summed E-state index contributed by atoms with van der Waals surface area (Å²) in [6.07, 6.45) is 3.27. The largest absolute Gasteiger partial charge is 0.467 e. The first-order chi connectivity index (χ1) is 13.7. The molecule has 0 aliphatic carbocycles. The van der Waals surface area contributed by atoms with Crippen molar-refractivity contribution in [2.24, 2.45) is 0 Å². The molecule has 0 unspecified atom stereocenters. The van der Waals surface area contributed by atoms with Crippen molar-refractivity contribution in [3.63, 3.8) is 0 Å². The summed E-state index contributed by atoms with van der Waals surface area (Å²) < 4.78 is 7.22. The fourth-order valence-electron chi connectivity index (χ4n) is 3.01. The highest BCUT2D eigenvalue weighted by Crippen LogP contribution is 2.21. The van der Waals surface area contributed by atoms with Gasteiger partial charge in [0.2, 0.25) is 5.91 Å². The van der Waals surface area contributed by atoms with E-state index in [1.54, 1.807) is 12.6 Å². The van der Waals surface area contributed by atoms with Crippen molar-refractivity contribution in [1.29, 1.82) is 0 Å². The quantitative estimate of drug-likeness (QED) is 0.481. The van der Waals surface area contributed by atoms with Gasteiger partial charge in [-0.15, -0.1) is 10.2 Å². The minimum atomic E-state index is -0.0707. The van der Waals surface area contributed by atoms with Crippen LogP contribution < -0.4 is 5.32 Å². The van der Waals surface area contributed by atoms with Gasteiger partial charge in [-0.3, -0.25) is 4.79 Å². The van der Waals surface area contributed by atoms with Crippen molar-refractivity contribution in [2.75, 3.05) is 5.75 Å². The maximum absolute atomic E-state index is 12.4. The van der Waals surface area contributed by atoms with Gasteiger partial charge in [0.05, 0.1) is 24.6 Å². The fraction of sp³-hybridized carbons (Fsp3) is 0.190. The van der Waals surface area contributed by atoms with Crippen molar-refractivity contribution in [3.05, 3.63) is 78.5 Å². The number of benzene rings is 2. The maximum atomic E-state index is 12.4. The lowest BCUT2D eigenvalue weighted by atomic mass is 10.0. The van der Waals surface area contributed by atoms with Crippen LogP contribution in [0.1, 0.15) is 24.3 Å². The monoisotopic (exact) mass is 392 g/mol. The molecule has 7 heteroatoms. The van der Waals surface area contributed by atoms with Crippen LogP contribution in [0.4, 0.5) is 0 Å². The number of furan rings is 1. The van der Waals surface area contributed by atoms with E-state index in [0.29, 0.717) is 11.7 Å². The zero-order valence-corrected chi connectivity index (χ0v) is 16.2. The van der Waals surface area contributed by atoms with Gasteiger partial charge in [-0.2, -0.15) is 0 Å². The highest BCUT2D eigenvalue weighted by atomic mass is 32.2. The summed E-state index contributed by atoms with van der Waals surface area (Å²) in [7, 11) is 0. The van der Waals surface area contributed by atoms with E-state index in [0.717, 1.165) is 11.3 Å². The number of hydrogen-bond acceptors (Lipinski definition) is 5. The molecule has 0 radical (unpaired) electrons. The molecule has 0 saturated carbocycles. The SMILES string of the molecule is C[C@@H](NC(=O)CSc1nncn1Cc1ccco1)c1ccc2ccccc2c1. The second-order valence-electron chi connectivity index (χ2n) is 6.51. The van der Waals surface area contributed by atoms with Crippen molar-refractivity contribution in [1.82, 2.24) is 20.1 Å². The van der Waals surface area contributed by atoms with Crippen LogP contribution in [0.3, 0.4) is 0 Å². The molecule has 0 aliphatic heterocycles. The Kier molecular flexibility index (Phi) is 5.43. The Bertz CT molecular complexity index is 1070. The standard InChI is InChI=1S/C21H20N4O2S/c1-15(17-9-8-16-5-2-3-6-18(16)11-17)23-20(26)13-28-21-24-22-14-25(21)12-19-7-4-10-27-19/h2-11,14-15H,12-13H2,1H3,(H,23,26)/t15-/m1/s1. The molecule has 4 aromatic rings. The van der Waals surface area contributed by atoms with Crippen molar-refractivity contribution in [2.45, 2.75) is 24.7 Å². The number of carbonyl (C=O) groups excluding carboxylic acids is 1. The van der Waals surface area contributed by atoms with E-state index >= 15 is 0 Å². The molecule has 28 heavy (non-hydrogen) atoms. The van der Waals surface area contributed by atoms with E-state index in [2.05, 4.69) is 45.8 Å². The summed E-state index contributed by atoms with van der Waals surface area (Å²) >= 11 is 1.36. The van der Waals surface area contributed by atoms with E-state index in [9.17, 15) is 4.79 Å². The molecule has 142 valence electrons.